The van der Waals surface area contributed by atoms with Crippen molar-refractivity contribution in [1.82, 2.24) is 15.1 Å². The molecule has 6 nitrogen and oxygen atoms in total. The molecule has 0 aliphatic carbocycles. The Hall–Kier alpha value is -1.57. The second kappa shape index (κ2) is 9.39. The number of carbonyl (C=O) groups excluding carboxylic acids is 2. The summed E-state index contributed by atoms with van der Waals surface area (Å²) in [5.74, 6) is 0.527. The number of carbonyl (C=O) groups is 2. The predicted molar refractivity (Wildman–Crippen MR) is 103 cm³/mol. The lowest BCUT2D eigenvalue weighted by atomic mass is 10.1. The molecule has 2 amide bonds. The molecule has 1 aromatic carbocycles. The van der Waals surface area contributed by atoms with Crippen LogP contribution in [0.1, 0.15) is 24.3 Å². The largest absolute Gasteiger partial charge is 0.379 e. The van der Waals surface area contributed by atoms with Crippen LogP contribution in [-0.4, -0.2) is 72.8 Å². The van der Waals surface area contributed by atoms with Gasteiger partial charge in [0, 0.05) is 32.3 Å². The van der Waals surface area contributed by atoms with Crippen LogP contribution < -0.4 is 5.32 Å². The van der Waals surface area contributed by atoms with E-state index in [-0.39, 0.29) is 17.2 Å². The lowest BCUT2D eigenvalue weighted by Crippen LogP contribution is -2.47. The molecule has 3 rings (SSSR count). The lowest BCUT2D eigenvalue weighted by Gasteiger charge is -2.28. The average molecular weight is 378 g/mol. The molecule has 0 bridgehead atoms. The fourth-order valence-electron chi connectivity index (χ4n) is 3.42. The predicted octanol–water partition coefficient (Wildman–Crippen LogP) is 1.49. The maximum absolute atomic E-state index is 12.6. The van der Waals surface area contributed by atoms with Gasteiger partial charge in [-0.2, -0.15) is 0 Å². The summed E-state index contributed by atoms with van der Waals surface area (Å²) in [7, 11) is 0. The van der Waals surface area contributed by atoms with E-state index in [1.165, 1.54) is 0 Å². The molecular weight excluding hydrogens is 350 g/mol. The maximum atomic E-state index is 12.6. The van der Waals surface area contributed by atoms with Gasteiger partial charge in [0.1, 0.15) is 11.4 Å². The van der Waals surface area contributed by atoms with Gasteiger partial charge in [-0.3, -0.25) is 14.5 Å². The molecule has 142 valence electrons. The fraction of sp³-hybridized carbons (Fsp3) is 0.579. The van der Waals surface area contributed by atoms with Gasteiger partial charge in [-0.1, -0.05) is 30.3 Å². The lowest BCUT2D eigenvalue weighted by molar-refractivity contribution is -0.138. The van der Waals surface area contributed by atoms with E-state index in [2.05, 4.69) is 10.2 Å². The number of hydrogen-bond donors (Lipinski definition) is 1. The molecule has 2 heterocycles. The highest BCUT2D eigenvalue weighted by Gasteiger charge is 2.40. The summed E-state index contributed by atoms with van der Waals surface area (Å²) in [5.41, 5.74) is 1.07. The van der Waals surface area contributed by atoms with Crippen LogP contribution >= 0.6 is 11.8 Å². The standard InChI is InChI=1S/C19H27N3O3S/c1-15(23)22-17(14-26-19(22)16-6-3-2-4-7-16)18(24)20-8-5-9-21-10-12-25-13-11-21/h2-4,6-7,17,19H,5,8-14H2,1H3,(H,20,24). The van der Waals surface area contributed by atoms with Gasteiger partial charge in [0.2, 0.25) is 11.8 Å². The Morgan fingerprint density at radius 3 is 2.65 bits per heavy atom. The summed E-state index contributed by atoms with van der Waals surface area (Å²) in [6.45, 7) is 6.65. The van der Waals surface area contributed by atoms with Gasteiger partial charge in [-0.15, -0.1) is 11.8 Å². The number of nitrogens with zero attached hydrogens (tertiary/aromatic N) is 2. The van der Waals surface area contributed by atoms with Crippen molar-refractivity contribution in [3.05, 3.63) is 35.9 Å². The van der Waals surface area contributed by atoms with Crippen LogP contribution in [0.5, 0.6) is 0 Å². The zero-order chi connectivity index (χ0) is 18.4. The molecular formula is C19H27N3O3S. The molecule has 0 radical (unpaired) electrons. The van der Waals surface area contributed by atoms with Crippen LogP contribution in [0.25, 0.3) is 0 Å². The Morgan fingerprint density at radius 2 is 1.96 bits per heavy atom. The quantitative estimate of drug-likeness (QED) is 0.761. The van der Waals surface area contributed by atoms with Crippen molar-refractivity contribution < 1.29 is 14.3 Å². The first-order chi connectivity index (χ1) is 12.7. The Bertz CT molecular complexity index is 607. The van der Waals surface area contributed by atoms with Gasteiger partial charge >= 0.3 is 0 Å². The molecule has 2 aliphatic rings. The third kappa shape index (κ3) is 4.78. The number of nitrogens with one attached hydrogen (secondary N) is 1. The Balaban J connectivity index is 1.50. The van der Waals surface area contributed by atoms with Crippen molar-refractivity contribution in [3.8, 4) is 0 Å². The molecule has 2 atom stereocenters. The minimum Gasteiger partial charge on any atom is -0.379 e. The Labute approximate surface area is 159 Å². The van der Waals surface area contributed by atoms with Gasteiger partial charge < -0.3 is 15.0 Å². The smallest absolute Gasteiger partial charge is 0.243 e. The van der Waals surface area contributed by atoms with Crippen LogP contribution in [0.4, 0.5) is 0 Å². The molecule has 7 heteroatoms. The van der Waals surface area contributed by atoms with Gasteiger partial charge in [0.15, 0.2) is 0 Å². The molecule has 1 N–H and O–H groups in total. The summed E-state index contributed by atoms with van der Waals surface area (Å²) in [6.07, 6.45) is 0.911. The molecule has 26 heavy (non-hydrogen) atoms. The minimum atomic E-state index is -0.397. The molecule has 2 fully saturated rings. The van der Waals surface area contributed by atoms with Crippen molar-refractivity contribution in [3.63, 3.8) is 0 Å². The summed E-state index contributed by atoms with van der Waals surface area (Å²) >= 11 is 1.65. The summed E-state index contributed by atoms with van der Waals surface area (Å²) in [4.78, 5) is 28.9. The number of benzene rings is 1. The van der Waals surface area contributed by atoms with E-state index in [1.54, 1.807) is 23.6 Å². The SMILES string of the molecule is CC(=O)N1C(C(=O)NCCCN2CCOCC2)CSC1c1ccccc1. The second-order valence-electron chi connectivity index (χ2n) is 6.64. The third-order valence-electron chi connectivity index (χ3n) is 4.81. The van der Waals surface area contributed by atoms with E-state index < -0.39 is 6.04 Å². The number of amides is 2. The summed E-state index contributed by atoms with van der Waals surface area (Å²) < 4.78 is 5.34. The number of hydrogen-bond acceptors (Lipinski definition) is 5. The first-order valence-electron chi connectivity index (χ1n) is 9.20. The summed E-state index contributed by atoms with van der Waals surface area (Å²) in [5, 5.41) is 2.93. The van der Waals surface area contributed by atoms with Gasteiger partial charge in [0.05, 0.1) is 13.2 Å². The third-order valence-corrected chi connectivity index (χ3v) is 6.13. The highest BCUT2D eigenvalue weighted by Crippen LogP contribution is 2.41. The molecule has 0 saturated carbocycles. The molecule has 2 unspecified atom stereocenters. The van der Waals surface area contributed by atoms with Crippen molar-refractivity contribution in [2.24, 2.45) is 0 Å². The first kappa shape index (κ1) is 19.2. The monoisotopic (exact) mass is 377 g/mol. The van der Waals surface area contributed by atoms with Crippen molar-refractivity contribution in [1.29, 1.82) is 0 Å². The van der Waals surface area contributed by atoms with Crippen LogP contribution in [0, 0.1) is 0 Å². The zero-order valence-electron chi connectivity index (χ0n) is 15.2. The van der Waals surface area contributed by atoms with E-state index in [4.69, 9.17) is 4.74 Å². The number of ether oxygens (including phenoxy) is 1. The maximum Gasteiger partial charge on any atom is 0.243 e. The van der Waals surface area contributed by atoms with E-state index in [0.717, 1.165) is 44.8 Å². The first-order valence-corrected chi connectivity index (χ1v) is 10.2. The second-order valence-corrected chi connectivity index (χ2v) is 7.75. The normalized spacial score (nSPS) is 23.8. The minimum absolute atomic E-state index is 0.0480. The Kier molecular flexibility index (Phi) is 6.93. The topological polar surface area (TPSA) is 61.9 Å². The van der Waals surface area contributed by atoms with Gasteiger partial charge in [0.25, 0.3) is 0 Å². The van der Waals surface area contributed by atoms with E-state index >= 15 is 0 Å². The number of rotatable bonds is 6. The van der Waals surface area contributed by atoms with Crippen LogP contribution in [0.3, 0.4) is 0 Å². The van der Waals surface area contributed by atoms with Crippen molar-refractivity contribution in [2.45, 2.75) is 24.8 Å². The van der Waals surface area contributed by atoms with Crippen LogP contribution in [0.15, 0.2) is 30.3 Å². The Morgan fingerprint density at radius 1 is 1.23 bits per heavy atom. The van der Waals surface area contributed by atoms with E-state index in [9.17, 15) is 9.59 Å². The van der Waals surface area contributed by atoms with Crippen LogP contribution in [0.2, 0.25) is 0 Å². The van der Waals surface area contributed by atoms with Crippen molar-refractivity contribution >= 4 is 23.6 Å². The summed E-state index contributed by atoms with van der Waals surface area (Å²) in [6, 6.07) is 9.51. The highest BCUT2D eigenvalue weighted by atomic mass is 32.2. The average Bonchev–Trinajstić information content (AvgIpc) is 3.12. The molecule has 0 aromatic heterocycles. The number of thioether (sulfide) groups is 1. The van der Waals surface area contributed by atoms with Crippen LogP contribution in [-0.2, 0) is 14.3 Å². The van der Waals surface area contributed by atoms with E-state index in [0.29, 0.717) is 12.3 Å². The van der Waals surface area contributed by atoms with Gasteiger partial charge in [-0.05, 0) is 18.5 Å². The van der Waals surface area contributed by atoms with Gasteiger partial charge in [-0.25, -0.2) is 0 Å². The fourth-order valence-corrected chi connectivity index (χ4v) is 4.91. The van der Waals surface area contributed by atoms with Crippen molar-refractivity contribution in [2.75, 3.05) is 45.1 Å². The zero-order valence-corrected chi connectivity index (χ0v) is 16.0. The highest BCUT2D eigenvalue weighted by molar-refractivity contribution is 7.99. The molecule has 1 aromatic rings. The van der Waals surface area contributed by atoms with E-state index in [1.807, 2.05) is 30.3 Å². The molecule has 2 aliphatic heterocycles. The molecule has 0 spiro atoms. The molecule has 2 saturated heterocycles. The number of morpholine rings is 1.